The van der Waals surface area contributed by atoms with Crippen molar-refractivity contribution in [2.24, 2.45) is 22.7 Å². The van der Waals surface area contributed by atoms with E-state index in [9.17, 15) is 14.7 Å². The van der Waals surface area contributed by atoms with Crippen molar-refractivity contribution in [1.29, 1.82) is 0 Å². The molecule has 0 bridgehead atoms. The first-order valence-electron chi connectivity index (χ1n) is 12.9. The molecule has 2 fully saturated rings. The van der Waals surface area contributed by atoms with Crippen LogP contribution in [0.2, 0.25) is 0 Å². The molecule has 0 spiro atoms. The number of fused-ring (bicyclic) bond motifs is 4. The minimum absolute atomic E-state index is 0.00260. The fourth-order valence-corrected chi connectivity index (χ4v) is 8.27. The number of allylic oxidation sites excluding steroid dienone is 1. The summed E-state index contributed by atoms with van der Waals surface area (Å²) in [6, 6.07) is 8.50. The van der Waals surface area contributed by atoms with E-state index in [4.69, 9.17) is 4.84 Å². The lowest BCUT2D eigenvalue weighted by Gasteiger charge is -2.60. The van der Waals surface area contributed by atoms with Gasteiger partial charge < -0.3 is 5.11 Å². The molecule has 5 rings (SSSR count). The zero-order chi connectivity index (χ0) is 24.7. The number of aliphatic carboxylic acids is 1. The topological polar surface area (TPSA) is 66.8 Å². The SMILES string of the molecule is CC1(C)c2ccccc2C(C)(C)N1O[C@@H]1C[C@@H]2[C@](C)(CCC[C@@]2(C)C(=O)O)[C@H]2CCC(=O)C=C12. The van der Waals surface area contributed by atoms with Crippen LogP contribution < -0.4 is 0 Å². The summed E-state index contributed by atoms with van der Waals surface area (Å²) in [5, 5.41) is 12.4. The van der Waals surface area contributed by atoms with E-state index in [0.717, 1.165) is 24.8 Å². The molecule has 5 atom stereocenters. The van der Waals surface area contributed by atoms with Gasteiger partial charge in [0.15, 0.2) is 5.78 Å². The number of hydrogen-bond acceptors (Lipinski definition) is 4. The number of carbonyl (C=O) groups excluding carboxylic acids is 1. The normalized spacial score (nSPS) is 38.5. The first-order chi connectivity index (χ1) is 15.8. The molecule has 5 heteroatoms. The Morgan fingerprint density at radius 1 is 1.03 bits per heavy atom. The number of hydroxylamine groups is 2. The monoisotopic (exact) mass is 465 g/mol. The third kappa shape index (κ3) is 3.12. The first kappa shape index (κ1) is 23.7. The molecule has 3 aliphatic carbocycles. The van der Waals surface area contributed by atoms with E-state index < -0.39 is 11.4 Å². The van der Waals surface area contributed by atoms with Crippen molar-refractivity contribution in [1.82, 2.24) is 5.06 Å². The number of nitrogens with zero attached hydrogens (tertiary/aromatic N) is 1. The molecule has 184 valence electrons. The standard InChI is InChI=1S/C29H39NO4/c1-26(2)21-10-7-8-11-22(21)27(3,4)30(26)34-23-17-24-28(5,14-9-15-29(24,6)25(32)33)20-13-12-18(31)16-19(20)23/h7-8,10-11,16,20,23-24H,9,12-15,17H2,1-6H3,(H,32,33)/t20-,23+,24+,28+,29+/m0/s1. The molecule has 1 aromatic rings. The molecule has 0 unspecified atom stereocenters. The van der Waals surface area contributed by atoms with Crippen molar-refractivity contribution < 1.29 is 19.5 Å². The Bertz CT molecular complexity index is 1040. The number of carbonyl (C=O) groups is 2. The van der Waals surface area contributed by atoms with E-state index in [1.54, 1.807) is 0 Å². The molecule has 5 nitrogen and oxygen atoms in total. The fourth-order valence-electron chi connectivity index (χ4n) is 8.27. The maximum absolute atomic E-state index is 12.6. The van der Waals surface area contributed by atoms with Crippen LogP contribution in [0.3, 0.4) is 0 Å². The molecule has 34 heavy (non-hydrogen) atoms. The molecular formula is C29H39NO4. The summed E-state index contributed by atoms with van der Waals surface area (Å²) in [5.74, 6) is -0.343. The van der Waals surface area contributed by atoms with E-state index >= 15 is 0 Å². The van der Waals surface area contributed by atoms with Gasteiger partial charge in [0.25, 0.3) is 0 Å². The summed E-state index contributed by atoms with van der Waals surface area (Å²) in [5.41, 5.74) is 1.98. The predicted octanol–water partition coefficient (Wildman–Crippen LogP) is 5.98. The van der Waals surface area contributed by atoms with Crippen LogP contribution in [0, 0.1) is 22.7 Å². The molecule has 1 heterocycles. The molecule has 1 aliphatic heterocycles. The van der Waals surface area contributed by atoms with E-state index in [2.05, 4.69) is 63.9 Å². The quantitative estimate of drug-likeness (QED) is 0.595. The second-order valence-corrected chi connectivity index (χ2v) is 12.6. The summed E-state index contributed by atoms with van der Waals surface area (Å²) in [7, 11) is 0. The second-order valence-electron chi connectivity index (χ2n) is 12.6. The number of hydrogen-bond donors (Lipinski definition) is 1. The molecular weight excluding hydrogens is 426 g/mol. The Kier molecular flexibility index (Phi) is 5.24. The maximum atomic E-state index is 12.6. The van der Waals surface area contributed by atoms with Gasteiger partial charge in [0, 0.05) is 6.42 Å². The van der Waals surface area contributed by atoms with Gasteiger partial charge in [0.2, 0.25) is 0 Å². The van der Waals surface area contributed by atoms with E-state index in [-0.39, 0.29) is 40.2 Å². The number of rotatable bonds is 3. The lowest BCUT2D eigenvalue weighted by molar-refractivity contribution is -0.293. The lowest BCUT2D eigenvalue weighted by atomic mass is 9.45. The highest BCUT2D eigenvalue weighted by Gasteiger charge is 2.61. The summed E-state index contributed by atoms with van der Waals surface area (Å²) in [6.07, 6.45) is 6.14. The van der Waals surface area contributed by atoms with Gasteiger partial charge in [0.1, 0.15) is 6.10 Å². The average Bonchev–Trinajstić information content (AvgIpc) is 2.92. The minimum Gasteiger partial charge on any atom is -0.481 e. The van der Waals surface area contributed by atoms with Crippen LogP contribution in [0.4, 0.5) is 0 Å². The van der Waals surface area contributed by atoms with Crippen LogP contribution in [0.1, 0.15) is 91.2 Å². The third-order valence-corrected chi connectivity index (χ3v) is 9.99. The summed E-state index contributed by atoms with van der Waals surface area (Å²) in [6.45, 7) is 13.0. The molecule has 2 saturated carbocycles. The highest BCUT2D eigenvalue weighted by molar-refractivity contribution is 5.91. The summed E-state index contributed by atoms with van der Waals surface area (Å²) >= 11 is 0. The van der Waals surface area contributed by atoms with Crippen molar-refractivity contribution in [3.05, 3.63) is 47.0 Å². The van der Waals surface area contributed by atoms with Gasteiger partial charge in [-0.1, -0.05) is 37.6 Å². The lowest BCUT2D eigenvalue weighted by Crippen LogP contribution is -2.58. The molecule has 1 N–H and O–H groups in total. The van der Waals surface area contributed by atoms with Crippen LogP contribution >= 0.6 is 0 Å². The van der Waals surface area contributed by atoms with Gasteiger partial charge in [-0.15, -0.1) is 0 Å². The number of ketones is 1. The van der Waals surface area contributed by atoms with Gasteiger partial charge in [-0.05, 0) is 100 Å². The van der Waals surface area contributed by atoms with Gasteiger partial charge in [-0.25, -0.2) is 0 Å². The molecule has 0 amide bonds. The third-order valence-electron chi connectivity index (χ3n) is 9.99. The van der Waals surface area contributed by atoms with Crippen LogP contribution in [-0.4, -0.2) is 28.0 Å². The molecule has 0 saturated heterocycles. The Balaban J connectivity index is 1.58. The van der Waals surface area contributed by atoms with Gasteiger partial charge in [0.05, 0.1) is 16.5 Å². The van der Waals surface area contributed by atoms with Gasteiger partial charge >= 0.3 is 5.97 Å². The molecule has 0 radical (unpaired) electrons. The average molecular weight is 466 g/mol. The maximum Gasteiger partial charge on any atom is 0.309 e. The number of carboxylic acid groups (broad SMARTS) is 1. The van der Waals surface area contributed by atoms with Gasteiger partial charge in [-0.3, -0.25) is 14.4 Å². The molecule has 1 aromatic carbocycles. The highest BCUT2D eigenvalue weighted by Crippen LogP contribution is 2.64. The van der Waals surface area contributed by atoms with Crippen LogP contribution in [-0.2, 0) is 25.5 Å². The zero-order valence-electron chi connectivity index (χ0n) is 21.5. The summed E-state index contributed by atoms with van der Waals surface area (Å²) in [4.78, 5) is 32.1. The van der Waals surface area contributed by atoms with E-state index in [1.165, 1.54) is 11.1 Å². The molecule has 4 aliphatic rings. The van der Waals surface area contributed by atoms with Crippen LogP contribution in [0.5, 0.6) is 0 Å². The van der Waals surface area contributed by atoms with Crippen molar-refractivity contribution in [3.8, 4) is 0 Å². The van der Waals surface area contributed by atoms with Crippen molar-refractivity contribution in [2.75, 3.05) is 0 Å². The van der Waals surface area contributed by atoms with Crippen LogP contribution in [0.25, 0.3) is 0 Å². The Morgan fingerprint density at radius 2 is 1.65 bits per heavy atom. The van der Waals surface area contributed by atoms with Gasteiger partial charge in [-0.2, -0.15) is 5.06 Å². The zero-order valence-corrected chi connectivity index (χ0v) is 21.5. The van der Waals surface area contributed by atoms with Crippen LogP contribution in [0.15, 0.2) is 35.9 Å². The Morgan fingerprint density at radius 3 is 2.24 bits per heavy atom. The highest BCUT2D eigenvalue weighted by atomic mass is 16.7. The second kappa shape index (κ2) is 7.51. The van der Waals surface area contributed by atoms with E-state index in [0.29, 0.717) is 19.3 Å². The summed E-state index contributed by atoms with van der Waals surface area (Å²) < 4.78 is 0. The van der Waals surface area contributed by atoms with Crippen molar-refractivity contribution in [2.45, 2.75) is 97.2 Å². The predicted molar refractivity (Wildman–Crippen MR) is 131 cm³/mol. The smallest absolute Gasteiger partial charge is 0.309 e. The Hall–Kier alpha value is -1.98. The minimum atomic E-state index is -0.777. The Labute approximate surface area is 203 Å². The molecule has 0 aromatic heterocycles. The largest absolute Gasteiger partial charge is 0.481 e. The first-order valence-corrected chi connectivity index (χ1v) is 12.9. The van der Waals surface area contributed by atoms with E-state index in [1.807, 2.05) is 13.0 Å². The van der Waals surface area contributed by atoms with Crippen molar-refractivity contribution in [3.63, 3.8) is 0 Å². The number of carboxylic acids is 1. The van der Waals surface area contributed by atoms with Crippen molar-refractivity contribution >= 4 is 11.8 Å². The fraction of sp³-hybridized carbons (Fsp3) is 0.655. The number of benzene rings is 1.